The zero-order chi connectivity index (χ0) is 63.1. The van der Waals surface area contributed by atoms with E-state index in [1.54, 1.807) is 35.3 Å². The summed E-state index contributed by atoms with van der Waals surface area (Å²) in [7, 11) is 0. The standard InChI is InChI=1S/C21H25N3O2S.C17H17N3S.2C13H9NOS.C8H18N2O2.4CH4/c25-14-16-26-15-13-23-9-11-24(12-10-23)21-17-5-1-3-7-19(17)27-20-8-4-2-6-18(20)22-21;1-3-7-15-13(5-1)17(20-11-9-18-10-12-20)19-14-6-2-4-8-16(14)21-15;2*15-13-9-5-1-3-7-11(9)16-12-8-4-2-6-10(12)14-13;11-6-8-12-7-5-10-3-1-9-2-4-10;;;;/h1-8,25H,9-16H2;1-8,18H,9-12H2;2*1-8H,(H,14,15);9,11H,1-8H2;4*1H4. The third kappa shape index (κ3) is 20.9. The Labute approximate surface area is 586 Å². The fraction of sp³-hybridized carbons (Fsp3) is 0.316. The molecule has 8 aromatic carbocycles. The van der Waals surface area contributed by atoms with E-state index in [0.717, 1.165) is 163 Å². The van der Waals surface area contributed by atoms with Gasteiger partial charge < -0.3 is 50.8 Å². The van der Waals surface area contributed by atoms with Crippen molar-refractivity contribution in [3.05, 3.63) is 216 Å². The molecule has 0 aromatic heterocycles. The highest BCUT2D eigenvalue weighted by molar-refractivity contribution is 8.00. The Bertz CT molecular complexity index is 3700. The van der Waals surface area contributed by atoms with Crippen LogP contribution in [-0.2, 0) is 9.47 Å². The number of hydrogen-bond donors (Lipinski definition) is 6. The summed E-state index contributed by atoms with van der Waals surface area (Å²) in [5, 5.41) is 29.8. The molecule has 8 aromatic rings. The number of hydrogen-bond acceptors (Lipinski definition) is 18. The molecule has 3 fully saturated rings. The van der Waals surface area contributed by atoms with E-state index < -0.39 is 0 Å². The van der Waals surface area contributed by atoms with Crippen LogP contribution in [-0.4, -0.2) is 185 Å². The van der Waals surface area contributed by atoms with Gasteiger partial charge >= 0.3 is 0 Å². The maximum Gasteiger partial charge on any atom is 0.256 e. The predicted octanol–water partition coefficient (Wildman–Crippen LogP) is 14.2. The summed E-state index contributed by atoms with van der Waals surface area (Å²) >= 11 is 6.86. The van der Waals surface area contributed by atoms with Crippen LogP contribution in [0.1, 0.15) is 61.5 Å². The number of fused-ring (bicyclic) bond motifs is 8. The van der Waals surface area contributed by atoms with Gasteiger partial charge in [-0.15, -0.1) is 0 Å². The normalized spacial score (nSPS) is 15.6. The zero-order valence-electron chi connectivity index (χ0n) is 51.5. The Morgan fingerprint density at radius 2 is 0.667 bits per heavy atom. The van der Waals surface area contributed by atoms with Crippen molar-refractivity contribution in [3.8, 4) is 0 Å². The Balaban J connectivity index is 0.000000172. The highest BCUT2D eigenvalue weighted by atomic mass is 32.2. The maximum atomic E-state index is 11.9. The fourth-order valence-electron chi connectivity index (χ4n) is 11.0. The number of aliphatic hydroxyl groups is 2. The Morgan fingerprint density at radius 3 is 1.08 bits per heavy atom. The Kier molecular flexibility index (Phi) is 31.6. The van der Waals surface area contributed by atoms with Crippen LogP contribution in [0.4, 0.5) is 22.7 Å². The Hall–Kier alpha value is -7.28. The number of aliphatic hydroxyl groups excluding tert-OH is 2. The number of amidine groups is 2. The van der Waals surface area contributed by atoms with Crippen LogP contribution in [0.5, 0.6) is 0 Å². The number of benzene rings is 8. The molecule has 3 saturated heterocycles. The smallest absolute Gasteiger partial charge is 0.256 e. The third-order valence-electron chi connectivity index (χ3n) is 15.7. The second kappa shape index (κ2) is 39.8. The summed E-state index contributed by atoms with van der Waals surface area (Å²) in [5.41, 5.74) is 7.84. The molecule has 96 heavy (non-hydrogen) atoms. The van der Waals surface area contributed by atoms with E-state index in [4.69, 9.17) is 29.7 Å². The molecular weight excluding hydrogens is 1280 g/mol. The van der Waals surface area contributed by atoms with Gasteiger partial charge in [0.2, 0.25) is 0 Å². The first-order chi connectivity index (χ1) is 45.4. The number of rotatable bonds is 10. The van der Waals surface area contributed by atoms with Gasteiger partial charge in [-0.05, 0) is 84.9 Å². The number of carbonyl (C=O) groups excluding carboxylic acids is 2. The molecule has 16 nitrogen and oxygen atoms in total. The molecule has 0 aliphatic carbocycles. The predicted molar refractivity (Wildman–Crippen MR) is 401 cm³/mol. The van der Waals surface area contributed by atoms with Crippen molar-refractivity contribution in [2.45, 2.75) is 68.9 Å². The van der Waals surface area contributed by atoms with Gasteiger partial charge in [-0.3, -0.25) is 19.4 Å². The molecule has 0 unspecified atom stereocenters. The van der Waals surface area contributed by atoms with Gasteiger partial charge in [0.25, 0.3) is 11.8 Å². The van der Waals surface area contributed by atoms with E-state index in [0.29, 0.717) is 19.8 Å². The van der Waals surface area contributed by atoms with Gasteiger partial charge in [-0.2, -0.15) is 0 Å². The topological polar surface area (TPSA) is 179 Å². The molecule has 0 atom stereocenters. The molecule has 6 N–H and O–H groups in total. The summed E-state index contributed by atoms with van der Waals surface area (Å²) in [5.74, 6) is 2.13. The van der Waals surface area contributed by atoms with Crippen LogP contribution in [0.15, 0.2) is 243 Å². The lowest BCUT2D eigenvalue weighted by Gasteiger charge is -2.36. The van der Waals surface area contributed by atoms with Crippen molar-refractivity contribution >= 4 is 93.3 Å². The van der Waals surface area contributed by atoms with Crippen LogP contribution >= 0.6 is 47.0 Å². The molecule has 0 bridgehead atoms. The van der Waals surface area contributed by atoms with Crippen LogP contribution < -0.4 is 21.3 Å². The van der Waals surface area contributed by atoms with Crippen LogP contribution in [0.25, 0.3) is 0 Å². The minimum absolute atomic E-state index is 0. The number of para-hydroxylation sites is 4. The minimum atomic E-state index is -0.0342. The molecule has 20 heteroatoms. The number of piperazine rings is 3. The first-order valence-electron chi connectivity index (χ1n) is 31.4. The third-order valence-corrected chi connectivity index (χ3v) is 20.3. The quantitative estimate of drug-likeness (QED) is 0.0712. The molecule has 7 heterocycles. The van der Waals surface area contributed by atoms with Crippen LogP contribution in [0, 0.1) is 0 Å². The van der Waals surface area contributed by atoms with Gasteiger partial charge in [-0.1, -0.05) is 186 Å². The SMILES string of the molecule is C.C.C.C.O=C1Nc2ccccc2Sc2ccccc21.O=C1Nc2ccccc2Sc2ccccc21.OCCOCCN1CCN(C2=Nc3ccccc3Sc3ccccc32)CC1.OCCOCCN1CCNCC1.c1ccc2c(c1)N=C(N1CCNCC1)c1ccccc1S2. The van der Waals surface area contributed by atoms with Gasteiger partial charge in [0, 0.05) is 142 Å². The lowest BCUT2D eigenvalue weighted by molar-refractivity contribution is 0.0652. The first-order valence-corrected chi connectivity index (χ1v) is 34.6. The summed E-state index contributed by atoms with van der Waals surface area (Å²) < 4.78 is 10.6. The first kappa shape index (κ1) is 76.1. The molecule has 15 rings (SSSR count). The van der Waals surface area contributed by atoms with Gasteiger partial charge in [0.05, 0.1) is 73.5 Å². The number of anilines is 2. The van der Waals surface area contributed by atoms with E-state index >= 15 is 0 Å². The molecule has 0 saturated carbocycles. The largest absolute Gasteiger partial charge is 0.394 e. The summed E-state index contributed by atoms with van der Waals surface area (Å²) in [6.45, 7) is 16.8. The zero-order valence-corrected chi connectivity index (χ0v) is 54.7. The number of nitrogens with zero attached hydrogens (tertiary/aromatic N) is 6. The monoisotopic (exact) mass is 1370 g/mol. The molecule has 2 amide bonds. The highest BCUT2D eigenvalue weighted by Gasteiger charge is 2.27. The minimum Gasteiger partial charge on any atom is -0.394 e. The van der Waals surface area contributed by atoms with Crippen molar-refractivity contribution < 1.29 is 29.3 Å². The summed E-state index contributed by atoms with van der Waals surface area (Å²) in [6, 6.07) is 65.0. The fourth-order valence-corrected chi connectivity index (χ4v) is 15.1. The van der Waals surface area contributed by atoms with Gasteiger partial charge in [-0.25, -0.2) is 9.98 Å². The Morgan fingerprint density at radius 1 is 0.354 bits per heavy atom. The molecule has 508 valence electrons. The highest BCUT2D eigenvalue weighted by Crippen LogP contribution is 2.43. The molecular formula is C76H94N10O6S4. The number of amides is 2. The summed E-state index contributed by atoms with van der Waals surface area (Å²) in [6.07, 6.45) is 0. The number of carbonyl (C=O) groups is 2. The average molecular weight is 1370 g/mol. The second-order valence-electron chi connectivity index (χ2n) is 21.9. The molecule has 7 aliphatic heterocycles. The number of ether oxygens (including phenoxy) is 2. The van der Waals surface area contributed by atoms with E-state index in [2.05, 4.69) is 138 Å². The summed E-state index contributed by atoms with van der Waals surface area (Å²) in [4.78, 5) is 52.7. The van der Waals surface area contributed by atoms with Gasteiger partial charge in [0.1, 0.15) is 11.7 Å². The van der Waals surface area contributed by atoms with E-state index in [1.165, 1.54) is 30.7 Å². The second-order valence-corrected chi connectivity index (χ2v) is 26.3. The van der Waals surface area contributed by atoms with Gasteiger partial charge in [0.15, 0.2) is 0 Å². The lowest BCUT2D eigenvalue weighted by Crippen LogP contribution is -2.49. The number of nitrogens with one attached hydrogen (secondary N) is 4. The lowest BCUT2D eigenvalue weighted by atomic mass is 10.1. The molecule has 0 spiro atoms. The van der Waals surface area contributed by atoms with Crippen molar-refractivity contribution in [1.29, 1.82) is 0 Å². The van der Waals surface area contributed by atoms with Crippen molar-refractivity contribution in [1.82, 2.24) is 30.2 Å². The van der Waals surface area contributed by atoms with Crippen molar-refractivity contribution in [3.63, 3.8) is 0 Å². The molecule has 0 radical (unpaired) electrons. The number of aliphatic imine (C=N–C) groups is 2. The van der Waals surface area contributed by atoms with Crippen LogP contribution in [0.3, 0.4) is 0 Å². The van der Waals surface area contributed by atoms with Crippen molar-refractivity contribution in [2.24, 2.45) is 9.98 Å². The van der Waals surface area contributed by atoms with Crippen LogP contribution in [0.2, 0.25) is 0 Å². The van der Waals surface area contributed by atoms with E-state index in [9.17, 15) is 9.59 Å². The van der Waals surface area contributed by atoms with Crippen molar-refractivity contribution in [2.75, 3.05) is 142 Å². The molecule has 7 aliphatic rings. The maximum absolute atomic E-state index is 11.9. The van der Waals surface area contributed by atoms with E-state index in [1.807, 2.05) is 109 Å². The average Bonchev–Trinajstić information content (AvgIpc) is 1.61. The van der Waals surface area contributed by atoms with E-state index in [-0.39, 0.29) is 54.7 Å².